The van der Waals surface area contributed by atoms with Gasteiger partial charge in [-0.3, -0.25) is 4.79 Å². The Morgan fingerprint density at radius 2 is 1.60 bits per heavy atom. The van der Waals surface area contributed by atoms with Crippen LogP contribution in [0.4, 0.5) is 0 Å². The van der Waals surface area contributed by atoms with Crippen LogP contribution in [-0.4, -0.2) is 5.78 Å². The van der Waals surface area contributed by atoms with Crippen LogP contribution < -0.4 is 0 Å². The first-order valence-corrected chi connectivity index (χ1v) is 5.71. The van der Waals surface area contributed by atoms with E-state index in [-0.39, 0.29) is 11.2 Å². The van der Waals surface area contributed by atoms with Gasteiger partial charge in [0.2, 0.25) is 0 Å². The molecular formula is C14H26O. The summed E-state index contributed by atoms with van der Waals surface area (Å²) < 4.78 is 0. The maximum atomic E-state index is 11.0. The average molecular weight is 210 g/mol. The van der Waals surface area contributed by atoms with Crippen LogP contribution in [0.2, 0.25) is 0 Å². The largest absolute Gasteiger partial charge is 0.295 e. The van der Waals surface area contributed by atoms with Crippen molar-refractivity contribution in [2.75, 3.05) is 0 Å². The highest BCUT2D eigenvalue weighted by atomic mass is 16.1. The van der Waals surface area contributed by atoms with Crippen molar-refractivity contribution in [3.63, 3.8) is 0 Å². The monoisotopic (exact) mass is 210 g/mol. The van der Waals surface area contributed by atoms with E-state index in [2.05, 4.69) is 47.6 Å². The van der Waals surface area contributed by atoms with Gasteiger partial charge >= 0.3 is 0 Å². The minimum Gasteiger partial charge on any atom is -0.295 e. The molecule has 0 aromatic rings. The lowest BCUT2D eigenvalue weighted by Crippen LogP contribution is -2.24. The highest BCUT2D eigenvalue weighted by Crippen LogP contribution is 2.36. The number of ketones is 1. The second kappa shape index (κ2) is 4.96. The van der Waals surface area contributed by atoms with E-state index in [4.69, 9.17) is 0 Å². The van der Waals surface area contributed by atoms with Crippen molar-refractivity contribution in [2.45, 2.75) is 54.9 Å². The maximum absolute atomic E-state index is 11.0. The van der Waals surface area contributed by atoms with Gasteiger partial charge in [-0.15, -0.1) is 0 Å². The molecule has 1 heteroatoms. The van der Waals surface area contributed by atoms with E-state index in [0.717, 1.165) is 6.42 Å². The molecule has 0 fully saturated rings. The molecule has 0 heterocycles. The normalized spacial score (nSPS) is 15.7. The lowest BCUT2D eigenvalue weighted by atomic mass is 9.72. The standard InChI is InChI=1S/C14H26O/c1-11(15)8-9-12(14(5,6)7)10-13(2,3)4/h8-9,12H,10H2,1-7H3/b9-8+. The zero-order valence-electron chi connectivity index (χ0n) is 11.3. The summed E-state index contributed by atoms with van der Waals surface area (Å²) in [6.45, 7) is 15.0. The molecule has 0 bridgehead atoms. The first-order chi connectivity index (χ1) is 6.52. The minimum absolute atomic E-state index is 0.137. The molecule has 0 aliphatic rings. The summed E-state index contributed by atoms with van der Waals surface area (Å²) >= 11 is 0. The highest BCUT2D eigenvalue weighted by Gasteiger charge is 2.26. The average Bonchev–Trinajstić information content (AvgIpc) is 1.93. The molecule has 0 aromatic heterocycles. The lowest BCUT2D eigenvalue weighted by Gasteiger charge is -2.33. The third-order valence-corrected chi connectivity index (χ3v) is 2.51. The van der Waals surface area contributed by atoms with Gasteiger partial charge in [-0.25, -0.2) is 0 Å². The smallest absolute Gasteiger partial charge is 0.152 e. The Morgan fingerprint density at radius 1 is 1.13 bits per heavy atom. The Bertz CT molecular complexity index is 235. The minimum atomic E-state index is 0.137. The van der Waals surface area contributed by atoms with Gasteiger partial charge in [0.1, 0.15) is 0 Å². The number of hydrogen-bond donors (Lipinski definition) is 0. The fraction of sp³-hybridized carbons (Fsp3) is 0.786. The molecule has 0 amide bonds. The van der Waals surface area contributed by atoms with Gasteiger partial charge < -0.3 is 0 Å². The summed E-state index contributed by atoms with van der Waals surface area (Å²) in [5.41, 5.74) is 0.526. The van der Waals surface area contributed by atoms with Crippen LogP contribution in [0.25, 0.3) is 0 Å². The molecule has 88 valence electrons. The van der Waals surface area contributed by atoms with Gasteiger partial charge in [-0.05, 0) is 36.2 Å². The molecule has 0 spiro atoms. The summed E-state index contributed by atoms with van der Waals surface area (Å²) in [5.74, 6) is 0.597. The summed E-state index contributed by atoms with van der Waals surface area (Å²) in [7, 11) is 0. The van der Waals surface area contributed by atoms with Gasteiger partial charge in [-0.1, -0.05) is 47.6 Å². The topological polar surface area (TPSA) is 17.1 Å². The predicted octanol–water partition coefficient (Wildman–Crippen LogP) is 4.23. The second-order valence-electron chi connectivity index (χ2n) is 6.71. The van der Waals surface area contributed by atoms with Crippen molar-refractivity contribution in [3.05, 3.63) is 12.2 Å². The summed E-state index contributed by atoms with van der Waals surface area (Å²) in [6, 6.07) is 0. The van der Waals surface area contributed by atoms with Crippen molar-refractivity contribution in [1.82, 2.24) is 0 Å². The molecular weight excluding hydrogens is 184 g/mol. The van der Waals surface area contributed by atoms with E-state index >= 15 is 0 Å². The van der Waals surface area contributed by atoms with E-state index in [1.807, 2.05) is 0 Å². The Hall–Kier alpha value is -0.590. The Morgan fingerprint density at radius 3 is 1.87 bits per heavy atom. The van der Waals surface area contributed by atoms with Gasteiger partial charge in [0.15, 0.2) is 5.78 Å². The van der Waals surface area contributed by atoms with Crippen LogP contribution in [0.3, 0.4) is 0 Å². The molecule has 1 atom stereocenters. The summed E-state index contributed by atoms with van der Waals surface area (Å²) in [5, 5.41) is 0. The molecule has 0 saturated carbocycles. The van der Waals surface area contributed by atoms with E-state index in [1.165, 1.54) is 0 Å². The SMILES string of the molecule is CC(=O)/C=C/C(CC(C)(C)C)C(C)(C)C. The molecule has 0 saturated heterocycles. The van der Waals surface area contributed by atoms with Crippen LogP contribution in [0.15, 0.2) is 12.2 Å². The van der Waals surface area contributed by atoms with Gasteiger partial charge in [-0.2, -0.15) is 0 Å². The fourth-order valence-electron chi connectivity index (χ4n) is 1.57. The first kappa shape index (κ1) is 14.4. The van der Waals surface area contributed by atoms with Crippen molar-refractivity contribution >= 4 is 5.78 Å². The Labute approximate surface area is 95.0 Å². The summed E-state index contributed by atoms with van der Waals surface area (Å²) in [4.78, 5) is 11.0. The van der Waals surface area contributed by atoms with Gasteiger partial charge in [0.25, 0.3) is 0 Å². The van der Waals surface area contributed by atoms with Crippen molar-refractivity contribution in [3.8, 4) is 0 Å². The Kier molecular flexibility index (Phi) is 4.76. The molecule has 0 N–H and O–H groups in total. The molecule has 1 unspecified atom stereocenters. The van der Waals surface area contributed by atoms with Crippen molar-refractivity contribution < 1.29 is 4.79 Å². The van der Waals surface area contributed by atoms with E-state index in [9.17, 15) is 4.79 Å². The molecule has 0 aromatic carbocycles. The second-order valence-corrected chi connectivity index (χ2v) is 6.71. The predicted molar refractivity (Wildman–Crippen MR) is 66.8 cm³/mol. The number of carbonyl (C=O) groups excluding carboxylic acids is 1. The highest BCUT2D eigenvalue weighted by molar-refractivity contribution is 5.87. The van der Waals surface area contributed by atoms with E-state index < -0.39 is 0 Å². The Balaban J connectivity index is 4.69. The number of allylic oxidation sites excluding steroid dienone is 2. The maximum Gasteiger partial charge on any atom is 0.152 e. The first-order valence-electron chi connectivity index (χ1n) is 5.71. The third kappa shape index (κ3) is 7.35. The van der Waals surface area contributed by atoms with Crippen molar-refractivity contribution in [1.29, 1.82) is 0 Å². The molecule has 1 nitrogen and oxygen atoms in total. The van der Waals surface area contributed by atoms with Crippen molar-refractivity contribution in [2.24, 2.45) is 16.7 Å². The zero-order chi connectivity index (χ0) is 12.3. The number of rotatable bonds is 3. The molecule has 0 radical (unpaired) electrons. The van der Waals surface area contributed by atoms with Gasteiger partial charge in [0, 0.05) is 0 Å². The third-order valence-electron chi connectivity index (χ3n) is 2.51. The molecule has 15 heavy (non-hydrogen) atoms. The number of carbonyl (C=O) groups is 1. The lowest BCUT2D eigenvalue weighted by molar-refractivity contribution is -0.112. The van der Waals surface area contributed by atoms with Crippen LogP contribution in [0.5, 0.6) is 0 Å². The fourth-order valence-corrected chi connectivity index (χ4v) is 1.57. The number of hydrogen-bond acceptors (Lipinski definition) is 1. The van der Waals surface area contributed by atoms with E-state index in [0.29, 0.717) is 11.3 Å². The van der Waals surface area contributed by atoms with Crippen LogP contribution in [0, 0.1) is 16.7 Å². The molecule has 0 aliphatic carbocycles. The van der Waals surface area contributed by atoms with Crippen LogP contribution in [0.1, 0.15) is 54.9 Å². The van der Waals surface area contributed by atoms with E-state index in [1.54, 1.807) is 13.0 Å². The van der Waals surface area contributed by atoms with Crippen LogP contribution in [-0.2, 0) is 4.79 Å². The summed E-state index contributed by atoms with van der Waals surface area (Å²) in [6.07, 6.45) is 4.90. The van der Waals surface area contributed by atoms with Crippen LogP contribution >= 0.6 is 0 Å². The van der Waals surface area contributed by atoms with Gasteiger partial charge in [0.05, 0.1) is 0 Å². The zero-order valence-corrected chi connectivity index (χ0v) is 11.3. The molecule has 0 rings (SSSR count). The molecule has 0 aliphatic heterocycles. The quantitative estimate of drug-likeness (QED) is 0.637.